The highest BCUT2D eigenvalue weighted by Crippen LogP contribution is 2.29. The van der Waals surface area contributed by atoms with Gasteiger partial charge in [-0.2, -0.15) is 0 Å². The fraction of sp³-hybridized carbons (Fsp3) is 0.250. The normalized spacial score (nSPS) is 12.4. The molecular weight excluding hydrogens is 222 g/mol. The predicted octanol–water partition coefficient (Wildman–Crippen LogP) is 2.62. The maximum atomic E-state index is 10.2. The molecule has 1 N–H and O–H groups in total. The van der Waals surface area contributed by atoms with E-state index in [2.05, 4.69) is 4.98 Å². The lowest BCUT2D eigenvalue weighted by atomic mass is 10.1. The van der Waals surface area contributed by atoms with Crippen LogP contribution in [0.5, 0.6) is 5.75 Å². The molecule has 0 radical (unpaired) electrons. The first kappa shape index (κ1) is 11.1. The molecule has 0 fully saturated rings. The molecule has 0 spiro atoms. The van der Waals surface area contributed by atoms with Gasteiger partial charge in [-0.15, -0.1) is 11.3 Å². The van der Waals surface area contributed by atoms with Gasteiger partial charge in [0.25, 0.3) is 0 Å². The third-order valence-electron chi connectivity index (χ3n) is 2.25. The van der Waals surface area contributed by atoms with Crippen molar-refractivity contribution in [1.29, 1.82) is 0 Å². The smallest absolute Gasteiger partial charge is 0.125 e. The number of rotatable bonds is 4. The number of aromatic nitrogens is 1. The minimum absolute atomic E-state index is 0.584. The number of hydrogen-bond acceptors (Lipinski definition) is 4. The van der Waals surface area contributed by atoms with Crippen molar-refractivity contribution in [2.45, 2.75) is 13.0 Å². The summed E-state index contributed by atoms with van der Waals surface area (Å²) in [5.41, 5.74) is 3.13. The summed E-state index contributed by atoms with van der Waals surface area (Å²) in [6.45, 7) is 2.51. The molecule has 1 aromatic carbocycles. The van der Waals surface area contributed by atoms with E-state index in [4.69, 9.17) is 4.74 Å². The molecule has 0 aliphatic heterocycles. The minimum atomic E-state index is -0.714. The zero-order valence-electron chi connectivity index (χ0n) is 8.96. The summed E-state index contributed by atoms with van der Waals surface area (Å²) in [5, 5.41) is 12.0. The van der Waals surface area contributed by atoms with Crippen LogP contribution < -0.4 is 4.74 Å². The number of thiazole rings is 1. The topological polar surface area (TPSA) is 42.4 Å². The van der Waals surface area contributed by atoms with Gasteiger partial charge in [-0.25, -0.2) is 4.98 Å². The van der Waals surface area contributed by atoms with E-state index in [1.807, 2.05) is 36.6 Å². The molecule has 0 bridgehead atoms. The van der Waals surface area contributed by atoms with Gasteiger partial charge in [0, 0.05) is 10.9 Å². The van der Waals surface area contributed by atoms with Crippen molar-refractivity contribution in [3.05, 3.63) is 46.4 Å². The van der Waals surface area contributed by atoms with Gasteiger partial charge in [0.15, 0.2) is 0 Å². The summed E-state index contributed by atoms with van der Waals surface area (Å²) in [4.78, 5) is 4.11. The lowest BCUT2D eigenvalue weighted by molar-refractivity contribution is 0.208. The number of ether oxygens (including phenoxy) is 1. The molecule has 1 atom stereocenters. The van der Waals surface area contributed by atoms with E-state index < -0.39 is 6.10 Å². The molecule has 16 heavy (non-hydrogen) atoms. The summed E-state index contributed by atoms with van der Waals surface area (Å²) in [5.74, 6) is 0.713. The Morgan fingerprint density at radius 2 is 2.25 bits per heavy atom. The van der Waals surface area contributed by atoms with Crippen LogP contribution in [-0.2, 0) is 0 Å². The van der Waals surface area contributed by atoms with Gasteiger partial charge in [0.2, 0.25) is 0 Å². The molecule has 1 aromatic heterocycles. The van der Waals surface area contributed by atoms with Crippen LogP contribution in [0, 0.1) is 0 Å². The van der Waals surface area contributed by atoms with Gasteiger partial charge in [0.05, 0.1) is 17.8 Å². The summed E-state index contributed by atoms with van der Waals surface area (Å²) in [6.07, 6.45) is -0.714. The Hall–Kier alpha value is -1.39. The second-order valence-electron chi connectivity index (χ2n) is 3.29. The molecule has 0 aliphatic rings. The largest absolute Gasteiger partial charge is 0.493 e. The van der Waals surface area contributed by atoms with E-state index in [9.17, 15) is 5.11 Å². The molecule has 84 valence electrons. The van der Waals surface area contributed by atoms with Gasteiger partial charge in [-0.1, -0.05) is 18.2 Å². The van der Waals surface area contributed by atoms with Gasteiger partial charge in [-0.05, 0) is 13.0 Å². The molecule has 4 heteroatoms. The SMILES string of the molecule is CCOc1ccccc1C(O)c1cscn1. The number of benzene rings is 1. The van der Waals surface area contributed by atoms with E-state index in [1.54, 1.807) is 5.51 Å². The molecule has 0 saturated heterocycles. The minimum Gasteiger partial charge on any atom is -0.493 e. The van der Waals surface area contributed by atoms with Crippen molar-refractivity contribution in [3.63, 3.8) is 0 Å². The molecule has 3 nitrogen and oxygen atoms in total. The van der Waals surface area contributed by atoms with Crippen LogP contribution in [0.4, 0.5) is 0 Å². The summed E-state index contributed by atoms with van der Waals surface area (Å²) in [6, 6.07) is 7.49. The Labute approximate surface area is 98.4 Å². The molecular formula is C12H13NO2S. The second-order valence-corrected chi connectivity index (χ2v) is 4.01. The molecule has 2 rings (SSSR count). The molecule has 0 amide bonds. The first-order chi connectivity index (χ1) is 7.83. The second kappa shape index (κ2) is 5.09. The van der Waals surface area contributed by atoms with Gasteiger partial charge in [-0.3, -0.25) is 0 Å². The highest BCUT2D eigenvalue weighted by Gasteiger charge is 2.16. The van der Waals surface area contributed by atoms with Gasteiger partial charge < -0.3 is 9.84 Å². The average Bonchev–Trinajstić information content (AvgIpc) is 2.83. The predicted molar refractivity (Wildman–Crippen MR) is 63.8 cm³/mol. The number of aliphatic hydroxyl groups excluding tert-OH is 1. The first-order valence-corrected chi connectivity index (χ1v) is 6.05. The lowest BCUT2D eigenvalue weighted by Gasteiger charge is -2.13. The van der Waals surface area contributed by atoms with Gasteiger partial charge >= 0.3 is 0 Å². The Bertz CT molecular complexity index is 442. The summed E-state index contributed by atoms with van der Waals surface area (Å²) in [7, 11) is 0. The van der Waals surface area contributed by atoms with Crippen molar-refractivity contribution in [2.75, 3.05) is 6.61 Å². The monoisotopic (exact) mass is 235 g/mol. The van der Waals surface area contributed by atoms with Crippen molar-refractivity contribution in [1.82, 2.24) is 4.98 Å². The van der Waals surface area contributed by atoms with Crippen LogP contribution in [0.1, 0.15) is 24.3 Å². The van der Waals surface area contributed by atoms with E-state index in [1.165, 1.54) is 11.3 Å². The number of aliphatic hydroxyl groups is 1. The third-order valence-corrected chi connectivity index (χ3v) is 2.85. The first-order valence-electron chi connectivity index (χ1n) is 5.10. The molecule has 0 saturated carbocycles. The van der Waals surface area contributed by atoms with Crippen molar-refractivity contribution in [3.8, 4) is 5.75 Å². The third kappa shape index (κ3) is 2.23. The Morgan fingerprint density at radius 1 is 1.44 bits per heavy atom. The van der Waals surface area contributed by atoms with Crippen LogP contribution in [0.3, 0.4) is 0 Å². The zero-order valence-corrected chi connectivity index (χ0v) is 9.78. The Morgan fingerprint density at radius 3 is 2.94 bits per heavy atom. The zero-order chi connectivity index (χ0) is 11.4. The Kier molecular flexibility index (Phi) is 3.54. The molecule has 1 heterocycles. The number of para-hydroxylation sites is 1. The maximum Gasteiger partial charge on any atom is 0.125 e. The van der Waals surface area contributed by atoms with E-state index in [0.717, 1.165) is 5.56 Å². The van der Waals surface area contributed by atoms with E-state index >= 15 is 0 Å². The summed E-state index contributed by atoms with van der Waals surface area (Å²) < 4.78 is 5.47. The van der Waals surface area contributed by atoms with Crippen LogP contribution in [0.2, 0.25) is 0 Å². The van der Waals surface area contributed by atoms with Gasteiger partial charge in [0.1, 0.15) is 11.9 Å². The highest BCUT2D eigenvalue weighted by atomic mass is 32.1. The molecule has 2 aromatic rings. The quantitative estimate of drug-likeness (QED) is 0.885. The van der Waals surface area contributed by atoms with Crippen LogP contribution in [0.15, 0.2) is 35.2 Å². The highest BCUT2D eigenvalue weighted by molar-refractivity contribution is 7.07. The summed E-state index contributed by atoms with van der Waals surface area (Å²) >= 11 is 1.47. The maximum absolute atomic E-state index is 10.2. The van der Waals surface area contributed by atoms with E-state index in [-0.39, 0.29) is 0 Å². The lowest BCUT2D eigenvalue weighted by Crippen LogP contribution is -2.04. The molecule has 0 aliphatic carbocycles. The van der Waals surface area contributed by atoms with Crippen molar-refractivity contribution >= 4 is 11.3 Å². The fourth-order valence-electron chi connectivity index (χ4n) is 1.51. The fourth-order valence-corrected chi connectivity index (χ4v) is 2.08. The molecule has 1 unspecified atom stereocenters. The number of hydrogen-bond donors (Lipinski definition) is 1. The average molecular weight is 235 g/mol. The van der Waals surface area contributed by atoms with Crippen molar-refractivity contribution < 1.29 is 9.84 Å². The number of nitrogens with zero attached hydrogens (tertiary/aromatic N) is 1. The Balaban J connectivity index is 2.32. The van der Waals surface area contributed by atoms with Crippen LogP contribution in [-0.4, -0.2) is 16.7 Å². The standard InChI is InChI=1S/C12H13NO2S/c1-2-15-11-6-4-3-5-9(11)12(14)10-7-16-8-13-10/h3-8,12,14H,2H2,1H3. The van der Waals surface area contributed by atoms with Crippen molar-refractivity contribution in [2.24, 2.45) is 0 Å². The van der Waals surface area contributed by atoms with Crippen LogP contribution in [0.25, 0.3) is 0 Å². The van der Waals surface area contributed by atoms with E-state index in [0.29, 0.717) is 18.1 Å². The van der Waals surface area contributed by atoms with Crippen LogP contribution >= 0.6 is 11.3 Å².